The zero-order chi connectivity index (χ0) is 16.0. The molecule has 118 valence electrons. The Labute approximate surface area is 129 Å². The first-order valence-electron chi connectivity index (χ1n) is 7.80. The maximum Gasteiger partial charge on any atom is 0.237 e. The average Bonchev–Trinajstić information content (AvgIpc) is 2.36. The van der Waals surface area contributed by atoms with Gasteiger partial charge in [-0.25, -0.2) is 0 Å². The van der Waals surface area contributed by atoms with Crippen molar-refractivity contribution >= 4 is 5.91 Å². The molecule has 3 N–H and O–H groups in total. The van der Waals surface area contributed by atoms with Gasteiger partial charge in [-0.1, -0.05) is 65.0 Å². The van der Waals surface area contributed by atoms with Crippen LogP contribution in [-0.2, 0) is 4.79 Å². The van der Waals surface area contributed by atoms with Crippen molar-refractivity contribution in [3.63, 3.8) is 0 Å². The Morgan fingerprint density at radius 3 is 2.24 bits per heavy atom. The molecule has 0 spiro atoms. The second kappa shape index (κ2) is 7.60. The highest BCUT2D eigenvalue weighted by molar-refractivity contribution is 5.81. The van der Waals surface area contributed by atoms with Crippen molar-refractivity contribution in [3.8, 4) is 0 Å². The molecule has 1 unspecified atom stereocenters. The smallest absolute Gasteiger partial charge is 0.237 e. The minimum atomic E-state index is -0.434. The zero-order valence-corrected chi connectivity index (χ0v) is 14.0. The normalized spacial score (nSPS) is 14.8. The summed E-state index contributed by atoms with van der Waals surface area (Å²) < 4.78 is 0. The van der Waals surface area contributed by atoms with Crippen LogP contribution >= 0.6 is 0 Å². The number of amides is 1. The average molecular weight is 290 g/mol. The van der Waals surface area contributed by atoms with E-state index in [1.165, 1.54) is 0 Å². The molecule has 3 heteroatoms. The van der Waals surface area contributed by atoms with Gasteiger partial charge in [0.05, 0.1) is 12.1 Å². The summed E-state index contributed by atoms with van der Waals surface area (Å²) >= 11 is 0. The molecule has 0 bridgehead atoms. The van der Waals surface area contributed by atoms with Gasteiger partial charge < -0.3 is 11.1 Å². The Bertz CT molecular complexity index is 434. The Morgan fingerprint density at radius 1 is 1.19 bits per heavy atom. The third kappa shape index (κ3) is 6.76. The number of hydrogen-bond acceptors (Lipinski definition) is 2. The van der Waals surface area contributed by atoms with Gasteiger partial charge in [0.2, 0.25) is 5.91 Å². The summed E-state index contributed by atoms with van der Waals surface area (Å²) in [6.07, 6.45) is 1.60. The minimum Gasteiger partial charge on any atom is -0.348 e. The van der Waals surface area contributed by atoms with Gasteiger partial charge in [-0.15, -0.1) is 0 Å². The lowest BCUT2D eigenvalue weighted by molar-refractivity contribution is -0.123. The fourth-order valence-electron chi connectivity index (χ4n) is 2.44. The molecule has 1 aromatic rings. The highest BCUT2D eigenvalue weighted by atomic mass is 16.2. The summed E-state index contributed by atoms with van der Waals surface area (Å²) in [5.41, 5.74) is 7.27. The van der Waals surface area contributed by atoms with E-state index in [2.05, 4.69) is 52.1 Å². The predicted octanol–water partition coefficient (Wildman–Crippen LogP) is 3.65. The van der Waals surface area contributed by atoms with Gasteiger partial charge in [-0.05, 0) is 29.7 Å². The molecule has 0 saturated heterocycles. The fourth-order valence-corrected chi connectivity index (χ4v) is 2.44. The quantitative estimate of drug-likeness (QED) is 0.840. The Kier molecular flexibility index (Phi) is 6.41. The van der Waals surface area contributed by atoms with Crippen LogP contribution in [0.15, 0.2) is 30.3 Å². The van der Waals surface area contributed by atoms with Gasteiger partial charge in [0.15, 0.2) is 0 Å². The van der Waals surface area contributed by atoms with E-state index in [0.717, 1.165) is 12.0 Å². The number of carbonyl (C=O) groups is 1. The van der Waals surface area contributed by atoms with Crippen molar-refractivity contribution in [3.05, 3.63) is 35.9 Å². The summed E-state index contributed by atoms with van der Waals surface area (Å²) in [7, 11) is 0. The molecule has 2 atom stereocenters. The lowest BCUT2D eigenvalue weighted by Crippen LogP contribution is -2.43. The van der Waals surface area contributed by atoms with E-state index >= 15 is 0 Å². The van der Waals surface area contributed by atoms with Gasteiger partial charge in [0, 0.05) is 0 Å². The molecule has 1 rings (SSSR count). The highest BCUT2D eigenvalue weighted by Crippen LogP contribution is 2.29. The standard InChI is InChI=1S/C18H30N2O/c1-13(2)11-15(19)17(21)20-16(12-18(3,4)5)14-9-7-6-8-10-14/h6-10,13,15-16H,11-12,19H2,1-5H3,(H,20,21)/t15-,16?/m1/s1. The second-order valence-electron chi connectivity index (χ2n) is 7.47. The summed E-state index contributed by atoms with van der Waals surface area (Å²) in [5.74, 6) is 0.366. The van der Waals surface area contributed by atoms with Crippen LogP contribution in [0.1, 0.15) is 59.1 Å². The third-order valence-corrected chi connectivity index (χ3v) is 3.40. The molecule has 0 aliphatic rings. The molecule has 3 nitrogen and oxygen atoms in total. The van der Waals surface area contributed by atoms with Crippen LogP contribution in [0.25, 0.3) is 0 Å². The summed E-state index contributed by atoms with van der Waals surface area (Å²) in [5, 5.41) is 3.13. The van der Waals surface area contributed by atoms with Crippen molar-refractivity contribution in [2.75, 3.05) is 0 Å². The Balaban J connectivity index is 2.81. The fraction of sp³-hybridized carbons (Fsp3) is 0.611. The third-order valence-electron chi connectivity index (χ3n) is 3.40. The van der Waals surface area contributed by atoms with Crippen molar-refractivity contribution < 1.29 is 4.79 Å². The second-order valence-corrected chi connectivity index (χ2v) is 7.47. The molecular formula is C18H30N2O. The first-order valence-corrected chi connectivity index (χ1v) is 7.80. The summed E-state index contributed by atoms with van der Waals surface area (Å²) in [6.45, 7) is 10.7. The van der Waals surface area contributed by atoms with E-state index in [1.807, 2.05) is 18.2 Å². The molecule has 0 aliphatic carbocycles. The molecule has 0 aliphatic heterocycles. The molecule has 0 aromatic heterocycles. The van der Waals surface area contributed by atoms with Crippen molar-refractivity contribution in [1.82, 2.24) is 5.32 Å². The number of benzene rings is 1. The van der Waals surface area contributed by atoms with Crippen LogP contribution in [-0.4, -0.2) is 11.9 Å². The van der Waals surface area contributed by atoms with Crippen molar-refractivity contribution in [2.24, 2.45) is 17.1 Å². The first-order chi connectivity index (χ1) is 9.69. The van der Waals surface area contributed by atoms with E-state index in [1.54, 1.807) is 0 Å². The maximum absolute atomic E-state index is 12.3. The molecular weight excluding hydrogens is 260 g/mol. The summed E-state index contributed by atoms with van der Waals surface area (Å²) in [6, 6.07) is 9.70. The molecule has 21 heavy (non-hydrogen) atoms. The number of carbonyl (C=O) groups excluding carboxylic acids is 1. The molecule has 0 fully saturated rings. The van der Waals surface area contributed by atoms with Gasteiger partial charge in [0.1, 0.15) is 0 Å². The van der Waals surface area contributed by atoms with E-state index < -0.39 is 6.04 Å². The van der Waals surface area contributed by atoms with Crippen LogP contribution in [0.5, 0.6) is 0 Å². The molecule has 0 saturated carbocycles. The van der Waals surface area contributed by atoms with E-state index in [0.29, 0.717) is 12.3 Å². The largest absolute Gasteiger partial charge is 0.348 e. The zero-order valence-electron chi connectivity index (χ0n) is 14.0. The number of rotatable bonds is 6. The number of hydrogen-bond donors (Lipinski definition) is 2. The minimum absolute atomic E-state index is 0.0110. The van der Waals surface area contributed by atoms with Gasteiger partial charge >= 0.3 is 0 Å². The number of nitrogens with two attached hydrogens (primary N) is 1. The lowest BCUT2D eigenvalue weighted by atomic mass is 9.85. The number of nitrogens with one attached hydrogen (secondary N) is 1. The predicted molar refractivity (Wildman–Crippen MR) is 88.8 cm³/mol. The SMILES string of the molecule is CC(C)C[C@@H](N)C(=O)NC(CC(C)(C)C)c1ccccc1. The molecule has 1 amide bonds. The molecule has 0 radical (unpaired) electrons. The van der Waals surface area contributed by atoms with Gasteiger partial charge in [-0.3, -0.25) is 4.79 Å². The van der Waals surface area contributed by atoms with Crippen LogP contribution in [0, 0.1) is 11.3 Å². The van der Waals surface area contributed by atoms with Crippen LogP contribution < -0.4 is 11.1 Å². The van der Waals surface area contributed by atoms with Crippen molar-refractivity contribution in [2.45, 2.75) is 59.5 Å². The van der Waals surface area contributed by atoms with E-state index in [4.69, 9.17) is 5.73 Å². The Morgan fingerprint density at radius 2 is 1.76 bits per heavy atom. The molecule has 1 aromatic carbocycles. The van der Waals surface area contributed by atoms with Crippen LogP contribution in [0.4, 0.5) is 0 Å². The van der Waals surface area contributed by atoms with Gasteiger partial charge in [-0.2, -0.15) is 0 Å². The highest BCUT2D eigenvalue weighted by Gasteiger charge is 2.24. The van der Waals surface area contributed by atoms with E-state index in [-0.39, 0.29) is 17.4 Å². The van der Waals surface area contributed by atoms with Gasteiger partial charge in [0.25, 0.3) is 0 Å². The molecule has 0 heterocycles. The van der Waals surface area contributed by atoms with Crippen molar-refractivity contribution in [1.29, 1.82) is 0 Å². The van der Waals surface area contributed by atoms with E-state index in [9.17, 15) is 4.79 Å². The topological polar surface area (TPSA) is 55.1 Å². The van der Waals surface area contributed by atoms with Crippen LogP contribution in [0.2, 0.25) is 0 Å². The lowest BCUT2D eigenvalue weighted by Gasteiger charge is -2.28. The first kappa shape index (κ1) is 17.7. The monoisotopic (exact) mass is 290 g/mol. The maximum atomic E-state index is 12.3. The summed E-state index contributed by atoms with van der Waals surface area (Å²) in [4.78, 5) is 12.3. The van der Waals surface area contributed by atoms with Crippen LogP contribution in [0.3, 0.4) is 0 Å². The Hall–Kier alpha value is -1.35.